The number of ether oxygens (including phenoxy) is 1. The summed E-state index contributed by atoms with van der Waals surface area (Å²) in [5.74, 6) is -1.60. The summed E-state index contributed by atoms with van der Waals surface area (Å²) in [5, 5.41) is 25.5. The predicted molar refractivity (Wildman–Crippen MR) is 228 cm³/mol. The standard InChI is InChI=1S/C41H57FN10O6S2/c1-26(2)38(58-39(55)41(3,4)5)52-35(48-50-51-52)20-12-22-44-40(59)43-21-9-8-19-33(49-60(56,57)30-16-10-13-28(42)24-30)36(53)47-34(37(54)46-29-14-11-15-29)23-27-25-45-32-18-7-6-17-31(27)32/h6-7,10,13,16-18,24-26,29,33-34,38,45,49H,8-9,11-12,14-15,19-23H2,1-5H3,(H,46,54)(H,47,53)(H2,43,44,59)/t33-,34-,38?/m0/s1. The van der Waals surface area contributed by atoms with Crippen molar-refractivity contribution in [2.75, 3.05) is 13.1 Å². The Balaban J connectivity index is 1.15. The molecule has 1 saturated carbocycles. The molecule has 2 heterocycles. The van der Waals surface area contributed by atoms with E-state index in [9.17, 15) is 27.2 Å². The number of sulfonamides is 1. The van der Waals surface area contributed by atoms with E-state index in [0.717, 1.165) is 47.9 Å². The number of rotatable bonds is 21. The van der Waals surface area contributed by atoms with Crippen LogP contribution in [0.1, 0.15) is 97.2 Å². The third-order valence-electron chi connectivity index (χ3n) is 10.2. The number of unbranched alkanes of at least 4 members (excludes halogenated alkanes) is 1. The number of carbonyl (C=O) groups excluding carboxylic acids is 3. The zero-order valence-electron chi connectivity index (χ0n) is 34.8. The van der Waals surface area contributed by atoms with Crippen molar-refractivity contribution in [2.45, 2.75) is 122 Å². The van der Waals surface area contributed by atoms with Gasteiger partial charge in [-0.05, 0) is 118 Å². The van der Waals surface area contributed by atoms with Crippen LogP contribution in [0.4, 0.5) is 4.39 Å². The molecule has 0 radical (unpaired) electrons. The van der Waals surface area contributed by atoms with Crippen LogP contribution in [-0.2, 0) is 42.0 Å². The van der Waals surface area contributed by atoms with Gasteiger partial charge in [-0.1, -0.05) is 38.1 Å². The molecule has 4 aromatic rings. The molecule has 60 heavy (non-hydrogen) atoms. The molecule has 0 spiro atoms. The molecular formula is C41H57FN10O6S2. The lowest BCUT2D eigenvalue weighted by Gasteiger charge is -2.29. The van der Waals surface area contributed by atoms with E-state index in [0.29, 0.717) is 49.7 Å². The van der Waals surface area contributed by atoms with Crippen molar-refractivity contribution in [1.82, 2.24) is 51.2 Å². The van der Waals surface area contributed by atoms with Gasteiger partial charge in [0, 0.05) is 55.0 Å². The molecule has 5 rings (SSSR count). The highest BCUT2D eigenvalue weighted by atomic mass is 32.2. The zero-order chi connectivity index (χ0) is 43.5. The molecule has 1 aliphatic rings. The van der Waals surface area contributed by atoms with Crippen LogP contribution < -0.4 is 26.0 Å². The van der Waals surface area contributed by atoms with E-state index >= 15 is 0 Å². The summed E-state index contributed by atoms with van der Waals surface area (Å²) in [6.07, 6.45) is 6.17. The second-order valence-electron chi connectivity index (χ2n) is 16.5. The lowest BCUT2D eigenvalue weighted by molar-refractivity contribution is -0.168. The SMILES string of the molecule is CC(C)C(OC(=O)C(C)(C)C)n1nnnc1CCCNC(=S)NCCCC[C@H](NS(=O)(=O)c1cccc(F)c1)C(=O)N[C@@H](Cc1c[nH]c2ccccc12)C(=O)NC1CCC1. The van der Waals surface area contributed by atoms with E-state index in [4.69, 9.17) is 17.0 Å². The van der Waals surface area contributed by atoms with Crippen molar-refractivity contribution in [3.05, 3.63) is 71.9 Å². The highest BCUT2D eigenvalue weighted by molar-refractivity contribution is 7.89. The number of H-pyrrole nitrogens is 1. The number of hydrogen-bond acceptors (Lipinski definition) is 10. The maximum absolute atomic E-state index is 14.1. The Morgan fingerprint density at radius 1 is 1.00 bits per heavy atom. The number of aromatic amines is 1. The highest BCUT2D eigenvalue weighted by Gasteiger charge is 2.33. The molecule has 6 N–H and O–H groups in total. The van der Waals surface area contributed by atoms with Gasteiger partial charge in [0.2, 0.25) is 28.1 Å². The van der Waals surface area contributed by atoms with Crippen molar-refractivity contribution >= 4 is 56.0 Å². The molecular weight excluding hydrogens is 812 g/mol. The van der Waals surface area contributed by atoms with Gasteiger partial charge < -0.3 is 31.0 Å². The van der Waals surface area contributed by atoms with Gasteiger partial charge in [-0.2, -0.15) is 9.40 Å². The number of carbonyl (C=O) groups is 3. The molecule has 0 saturated heterocycles. The zero-order valence-corrected chi connectivity index (χ0v) is 36.4. The first kappa shape index (κ1) is 46.1. The van der Waals surface area contributed by atoms with Crippen LogP contribution in [0.2, 0.25) is 0 Å². The van der Waals surface area contributed by atoms with Crippen LogP contribution in [0, 0.1) is 17.2 Å². The Hall–Kier alpha value is -5.01. The third-order valence-corrected chi connectivity index (χ3v) is 11.9. The molecule has 0 bridgehead atoms. The second kappa shape index (κ2) is 21.0. The number of fused-ring (bicyclic) bond motifs is 1. The van der Waals surface area contributed by atoms with Gasteiger partial charge in [0.25, 0.3) is 0 Å². The maximum Gasteiger partial charge on any atom is 0.313 e. The van der Waals surface area contributed by atoms with Crippen LogP contribution in [-0.4, -0.2) is 87.7 Å². The summed E-state index contributed by atoms with van der Waals surface area (Å²) < 4.78 is 50.7. The number of esters is 1. The number of tetrazole rings is 1. The fourth-order valence-electron chi connectivity index (χ4n) is 6.51. The Morgan fingerprint density at radius 2 is 1.73 bits per heavy atom. The van der Waals surface area contributed by atoms with E-state index in [-0.39, 0.29) is 41.6 Å². The topological polar surface area (TPSA) is 214 Å². The van der Waals surface area contributed by atoms with Crippen LogP contribution in [0.15, 0.2) is 59.6 Å². The number of benzene rings is 2. The van der Waals surface area contributed by atoms with E-state index in [1.165, 1.54) is 12.1 Å². The first-order valence-electron chi connectivity index (χ1n) is 20.4. The minimum absolute atomic E-state index is 0.0168. The van der Waals surface area contributed by atoms with E-state index in [1.807, 2.05) is 38.1 Å². The first-order valence-corrected chi connectivity index (χ1v) is 22.3. The number of para-hydroxylation sites is 1. The van der Waals surface area contributed by atoms with Gasteiger partial charge >= 0.3 is 5.97 Å². The molecule has 2 aromatic heterocycles. The Morgan fingerprint density at radius 3 is 2.42 bits per heavy atom. The minimum Gasteiger partial charge on any atom is -0.439 e. The van der Waals surface area contributed by atoms with Gasteiger partial charge in [-0.15, -0.1) is 5.10 Å². The summed E-state index contributed by atoms with van der Waals surface area (Å²) in [6.45, 7) is 10.2. The number of thiocarbonyl (C=S) groups is 1. The normalized spacial score (nSPS) is 14.8. The van der Waals surface area contributed by atoms with Gasteiger partial charge in [-0.25, -0.2) is 12.8 Å². The lowest BCUT2D eigenvalue weighted by atomic mass is 9.92. The Bertz CT molecular complexity index is 2200. The second-order valence-corrected chi connectivity index (χ2v) is 18.6. The quantitative estimate of drug-likeness (QED) is 0.0392. The summed E-state index contributed by atoms with van der Waals surface area (Å²) in [6, 6.07) is 9.95. The number of aryl methyl sites for hydroxylation is 1. The molecule has 2 aromatic carbocycles. The lowest BCUT2D eigenvalue weighted by Crippen LogP contribution is -2.56. The highest BCUT2D eigenvalue weighted by Crippen LogP contribution is 2.26. The number of nitrogens with one attached hydrogen (secondary N) is 6. The average molecular weight is 869 g/mol. The number of hydrogen-bond donors (Lipinski definition) is 6. The molecule has 3 atom stereocenters. The van der Waals surface area contributed by atoms with Gasteiger partial charge in [-0.3, -0.25) is 14.4 Å². The van der Waals surface area contributed by atoms with Gasteiger partial charge in [0.05, 0.1) is 10.3 Å². The molecule has 1 unspecified atom stereocenters. The monoisotopic (exact) mass is 868 g/mol. The van der Waals surface area contributed by atoms with Crippen molar-refractivity contribution in [3.8, 4) is 0 Å². The molecule has 0 aliphatic heterocycles. The van der Waals surface area contributed by atoms with Crippen LogP contribution in [0.3, 0.4) is 0 Å². The molecule has 1 aliphatic carbocycles. The number of halogens is 1. The predicted octanol–water partition coefficient (Wildman–Crippen LogP) is 4.35. The van der Waals surface area contributed by atoms with E-state index < -0.39 is 45.5 Å². The third kappa shape index (κ3) is 13.0. The summed E-state index contributed by atoms with van der Waals surface area (Å²) in [4.78, 5) is 43.1. The summed E-state index contributed by atoms with van der Waals surface area (Å²) in [7, 11) is -4.32. The molecule has 2 amide bonds. The molecule has 1 fully saturated rings. The number of amides is 2. The first-order chi connectivity index (χ1) is 28.5. The number of nitrogens with zero attached hydrogens (tertiary/aromatic N) is 4. The Kier molecular flexibility index (Phi) is 16.1. The molecule has 19 heteroatoms. The van der Waals surface area contributed by atoms with Crippen LogP contribution in [0.5, 0.6) is 0 Å². The van der Waals surface area contributed by atoms with Crippen molar-refractivity contribution in [3.63, 3.8) is 0 Å². The fourth-order valence-corrected chi connectivity index (χ4v) is 7.97. The van der Waals surface area contributed by atoms with Crippen LogP contribution in [0.25, 0.3) is 10.9 Å². The molecule has 16 nitrogen and oxygen atoms in total. The summed E-state index contributed by atoms with van der Waals surface area (Å²) >= 11 is 5.47. The van der Waals surface area contributed by atoms with Gasteiger partial charge in [0.1, 0.15) is 17.9 Å². The van der Waals surface area contributed by atoms with E-state index in [2.05, 4.69) is 46.5 Å². The summed E-state index contributed by atoms with van der Waals surface area (Å²) in [5.41, 5.74) is 1.03. The van der Waals surface area contributed by atoms with Crippen LogP contribution >= 0.6 is 12.2 Å². The largest absolute Gasteiger partial charge is 0.439 e. The van der Waals surface area contributed by atoms with Gasteiger partial charge in [0.15, 0.2) is 10.9 Å². The van der Waals surface area contributed by atoms with E-state index in [1.54, 1.807) is 31.6 Å². The average Bonchev–Trinajstić information content (AvgIpc) is 3.82. The maximum atomic E-state index is 14.1. The fraction of sp³-hybridized carbons (Fsp3) is 0.537. The minimum atomic E-state index is -4.32. The number of aromatic nitrogens is 5. The molecule has 326 valence electrons. The van der Waals surface area contributed by atoms with Crippen molar-refractivity contribution in [1.29, 1.82) is 0 Å². The van der Waals surface area contributed by atoms with Crippen molar-refractivity contribution < 1.29 is 31.9 Å². The smallest absolute Gasteiger partial charge is 0.313 e. The van der Waals surface area contributed by atoms with Crippen molar-refractivity contribution in [2.24, 2.45) is 11.3 Å². The Labute approximate surface area is 356 Å².